The monoisotopic (exact) mass is 760 g/mol. The van der Waals surface area contributed by atoms with Crippen LogP contribution in [0.5, 0.6) is 11.5 Å². The van der Waals surface area contributed by atoms with Crippen LogP contribution in [-0.2, 0) is 45.1 Å². The molecular formula is C42H34Cl2N4O6. The number of hydrogen-bond acceptors (Lipinski definition) is 8. The lowest BCUT2D eigenvalue weighted by Gasteiger charge is -2.31. The number of anilines is 1. The molecule has 3 unspecified atom stereocenters. The summed E-state index contributed by atoms with van der Waals surface area (Å²) >= 11 is 12.5. The fourth-order valence-corrected chi connectivity index (χ4v) is 7.01. The number of rotatable bonds is 10. The lowest BCUT2D eigenvalue weighted by molar-refractivity contribution is -0.145. The molecule has 0 aromatic heterocycles. The number of benzene rings is 5. The molecule has 3 atom stereocenters. The normalized spacial score (nSPS) is 16.4. The molecule has 2 amide bonds. The molecule has 5 aromatic rings. The third-order valence-electron chi connectivity index (χ3n) is 9.49. The quantitative estimate of drug-likeness (QED) is 0.128. The summed E-state index contributed by atoms with van der Waals surface area (Å²) in [5.41, 5.74) is 7.01. The SMILES string of the molecule is COC(=O)C(Cc1ccc(-c2ccc(C#N)cc2)cc1)NC(=O)C1Cc2cc3c(cc2CN1)OC(c1ccc(OCc2c(Cl)cccc2Cl)cc1)C(=O)N3. The van der Waals surface area contributed by atoms with Gasteiger partial charge in [-0.2, -0.15) is 5.26 Å². The van der Waals surface area contributed by atoms with Crippen molar-refractivity contribution in [1.29, 1.82) is 5.26 Å². The standard InChI is InChI=1S/C42H34Cl2N4O6/c1-52-42(51)37(17-24-5-9-26(10-6-24)27-11-7-25(21-45)8-12-27)48-40(49)36-19-29-18-35-38(20-30(29)22-46-36)54-39(41(50)47-35)28-13-15-31(16-14-28)53-23-32-33(43)3-2-4-34(32)44/h2-16,18,20,36-37,39,46H,17,19,22-23H2,1H3,(H,47,50)(H,48,49). The summed E-state index contributed by atoms with van der Waals surface area (Å²) in [4.78, 5) is 39.5. The number of nitrogens with one attached hydrogen (secondary N) is 3. The Morgan fingerprint density at radius 3 is 2.30 bits per heavy atom. The van der Waals surface area contributed by atoms with Gasteiger partial charge in [0.2, 0.25) is 12.0 Å². The van der Waals surface area contributed by atoms with Gasteiger partial charge in [0, 0.05) is 34.1 Å². The minimum atomic E-state index is -0.902. The largest absolute Gasteiger partial charge is 0.489 e. The molecule has 272 valence electrons. The van der Waals surface area contributed by atoms with E-state index in [1.54, 1.807) is 54.6 Å². The van der Waals surface area contributed by atoms with Gasteiger partial charge in [-0.25, -0.2) is 4.79 Å². The van der Waals surface area contributed by atoms with Crippen LogP contribution in [0.15, 0.2) is 103 Å². The number of halogens is 2. The summed E-state index contributed by atoms with van der Waals surface area (Å²) in [5.74, 6) is -0.118. The van der Waals surface area contributed by atoms with Crippen molar-refractivity contribution in [2.24, 2.45) is 0 Å². The molecule has 5 aromatic carbocycles. The van der Waals surface area contributed by atoms with Gasteiger partial charge in [0.25, 0.3) is 5.91 Å². The van der Waals surface area contributed by atoms with Crippen molar-refractivity contribution in [1.82, 2.24) is 10.6 Å². The first-order valence-electron chi connectivity index (χ1n) is 17.2. The number of carbonyl (C=O) groups is 3. The smallest absolute Gasteiger partial charge is 0.328 e. The molecule has 0 saturated carbocycles. The van der Waals surface area contributed by atoms with Gasteiger partial charge in [-0.3, -0.25) is 9.59 Å². The molecule has 2 aliphatic rings. The first kappa shape index (κ1) is 36.5. The Bertz CT molecular complexity index is 2240. The highest BCUT2D eigenvalue weighted by Crippen LogP contribution is 2.39. The maximum Gasteiger partial charge on any atom is 0.328 e. The Kier molecular flexibility index (Phi) is 10.8. The second-order valence-electron chi connectivity index (χ2n) is 13.0. The van der Waals surface area contributed by atoms with Crippen molar-refractivity contribution >= 4 is 46.7 Å². The third-order valence-corrected chi connectivity index (χ3v) is 10.2. The van der Waals surface area contributed by atoms with Crippen LogP contribution in [0.1, 0.15) is 39.5 Å². The molecule has 2 heterocycles. The van der Waals surface area contributed by atoms with Gasteiger partial charge < -0.3 is 30.2 Å². The lowest BCUT2D eigenvalue weighted by Crippen LogP contribution is -2.53. The number of esters is 1. The zero-order valence-corrected chi connectivity index (χ0v) is 30.5. The van der Waals surface area contributed by atoms with E-state index in [4.69, 9.17) is 42.7 Å². The number of hydrogen-bond donors (Lipinski definition) is 3. The minimum absolute atomic E-state index is 0.191. The van der Waals surface area contributed by atoms with Crippen molar-refractivity contribution < 1.29 is 28.6 Å². The fourth-order valence-electron chi connectivity index (χ4n) is 6.50. The van der Waals surface area contributed by atoms with Gasteiger partial charge in [-0.1, -0.05) is 77.8 Å². The average molecular weight is 762 g/mol. The van der Waals surface area contributed by atoms with E-state index in [9.17, 15) is 14.4 Å². The van der Waals surface area contributed by atoms with Crippen LogP contribution < -0.4 is 25.4 Å². The Morgan fingerprint density at radius 1 is 0.944 bits per heavy atom. The minimum Gasteiger partial charge on any atom is -0.489 e. The van der Waals surface area contributed by atoms with E-state index in [2.05, 4.69) is 22.0 Å². The van der Waals surface area contributed by atoms with Crippen LogP contribution in [0.4, 0.5) is 5.69 Å². The van der Waals surface area contributed by atoms with E-state index in [0.29, 0.717) is 56.9 Å². The molecule has 12 heteroatoms. The molecule has 7 rings (SSSR count). The van der Waals surface area contributed by atoms with Gasteiger partial charge >= 0.3 is 5.97 Å². The van der Waals surface area contributed by atoms with Crippen LogP contribution in [0.3, 0.4) is 0 Å². The molecule has 0 saturated heterocycles. The number of ether oxygens (including phenoxy) is 3. The number of nitriles is 1. The third kappa shape index (κ3) is 8.04. The van der Waals surface area contributed by atoms with E-state index >= 15 is 0 Å². The van der Waals surface area contributed by atoms with Crippen LogP contribution in [0.2, 0.25) is 10.0 Å². The summed E-state index contributed by atoms with van der Waals surface area (Å²) in [6, 6.07) is 31.6. The van der Waals surface area contributed by atoms with Crippen LogP contribution in [0, 0.1) is 11.3 Å². The molecule has 0 aliphatic carbocycles. The Labute approximate surface area is 322 Å². The van der Waals surface area contributed by atoms with Gasteiger partial charge in [-0.15, -0.1) is 0 Å². The van der Waals surface area contributed by atoms with Crippen LogP contribution in [-0.4, -0.2) is 37.0 Å². The molecular weight excluding hydrogens is 727 g/mol. The highest BCUT2D eigenvalue weighted by Gasteiger charge is 2.33. The summed E-state index contributed by atoms with van der Waals surface area (Å²) < 4.78 is 17.1. The molecule has 54 heavy (non-hydrogen) atoms. The Balaban J connectivity index is 0.975. The van der Waals surface area contributed by atoms with E-state index in [0.717, 1.165) is 27.8 Å². The van der Waals surface area contributed by atoms with E-state index in [1.165, 1.54) is 7.11 Å². The van der Waals surface area contributed by atoms with Crippen molar-refractivity contribution in [3.8, 4) is 28.7 Å². The second kappa shape index (κ2) is 16.0. The number of fused-ring (bicyclic) bond motifs is 2. The molecule has 2 aliphatic heterocycles. The maximum atomic E-state index is 13.5. The highest BCUT2D eigenvalue weighted by atomic mass is 35.5. The first-order valence-corrected chi connectivity index (χ1v) is 17.9. The predicted octanol–water partition coefficient (Wildman–Crippen LogP) is 7.10. The van der Waals surface area contributed by atoms with Gasteiger partial charge in [0.1, 0.15) is 24.1 Å². The Morgan fingerprint density at radius 2 is 1.63 bits per heavy atom. The summed E-state index contributed by atoms with van der Waals surface area (Å²) in [5, 5.41) is 19.2. The number of carbonyl (C=O) groups excluding carboxylic acids is 3. The fraction of sp³-hybridized carbons (Fsp3) is 0.190. The van der Waals surface area contributed by atoms with Gasteiger partial charge in [0.05, 0.1) is 30.5 Å². The zero-order valence-electron chi connectivity index (χ0n) is 29.0. The predicted molar refractivity (Wildman–Crippen MR) is 204 cm³/mol. The molecule has 0 bridgehead atoms. The molecule has 3 N–H and O–H groups in total. The summed E-state index contributed by atoms with van der Waals surface area (Å²) in [6.45, 7) is 0.570. The number of nitrogens with zero attached hydrogens (tertiary/aromatic N) is 1. The van der Waals surface area contributed by atoms with Gasteiger partial charge in [0.15, 0.2) is 0 Å². The topological polar surface area (TPSA) is 139 Å². The zero-order chi connectivity index (χ0) is 37.8. The van der Waals surface area contributed by atoms with Crippen molar-refractivity contribution in [3.63, 3.8) is 0 Å². The van der Waals surface area contributed by atoms with Crippen molar-refractivity contribution in [2.75, 3.05) is 12.4 Å². The highest BCUT2D eigenvalue weighted by molar-refractivity contribution is 6.35. The maximum absolute atomic E-state index is 13.5. The molecule has 10 nitrogen and oxygen atoms in total. The number of methoxy groups -OCH3 is 1. The van der Waals surface area contributed by atoms with E-state index in [1.807, 2.05) is 48.5 Å². The van der Waals surface area contributed by atoms with Gasteiger partial charge in [-0.05, 0) is 82.8 Å². The number of amides is 2. The molecule has 0 radical (unpaired) electrons. The molecule has 0 fully saturated rings. The van der Waals surface area contributed by atoms with E-state index in [-0.39, 0.29) is 24.8 Å². The summed E-state index contributed by atoms with van der Waals surface area (Å²) in [7, 11) is 1.29. The lowest BCUT2D eigenvalue weighted by atomic mass is 9.93. The van der Waals surface area contributed by atoms with Crippen LogP contribution in [0.25, 0.3) is 11.1 Å². The Hall–Kier alpha value is -5.86. The average Bonchev–Trinajstić information content (AvgIpc) is 3.19. The van der Waals surface area contributed by atoms with Crippen LogP contribution >= 0.6 is 23.2 Å². The second-order valence-corrected chi connectivity index (χ2v) is 13.8. The van der Waals surface area contributed by atoms with Crippen molar-refractivity contribution in [2.45, 2.75) is 44.2 Å². The van der Waals surface area contributed by atoms with Crippen molar-refractivity contribution in [3.05, 3.63) is 147 Å². The molecule has 0 spiro atoms. The first-order chi connectivity index (χ1) is 26.2. The van der Waals surface area contributed by atoms with E-state index < -0.39 is 24.2 Å². The summed E-state index contributed by atoms with van der Waals surface area (Å²) in [6.07, 6.45) is -0.303.